The first kappa shape index (κ1) is 12.6. The summed E-state index contributed by atoms with van der Waals surface area (Å²) in [6, 6.07) is 6.45. The van der Waals surface area contributed by atoms with Gasteiger partial charge >= 0.3 is 0 Å². The van der Waals surface area contributed by atoms with Crippen molar-refractivity contribution in [3.05, 3.63) is 29.3 Å². The van der Waals surface area contributed by atoms with Crippen molar-refractivity contribution in [2.24, 2.45) is 0 Å². The van der Waals surface area contributed by atoms with Crippen LogP contribution in [-0.2, 0) is 17.8 Å². The number of anilines is 1. The van der Waals surface area contributed by atoms with Gasteiger partial charge in [0.05, 0.1) is 6.42 Å². The monoisotopic (exact) mass is 259 g/mol. The summed E-state index contributed by atoms with van der Waals surface area (Å²) in [4.78, 5) is 15.9. The topological polar surface area (TPSA) is 35.6 Å². The number of nitrogens with one attached hydrogen (secondary N) is 1. The molecule has 1 saturated heterocycles. The maximum atomic E-state index is 11.7. The lowest BCUT2D eigenvalue weighted by Crippen LogP contribution is -2.27. The summed E-state index contributed by atoms with van der Waals surface area (Å²) in [6.45, 7) is 5.46. The summed E-state index contributed by atoms with van der Waals surface area (Å²) < 4.78 is 0. The van der Waals surface area contributed by atoms with Gasteiger partial charge < -0.3 is 10.2 Å². The quantitative estimate of drug-likeness (QED) is 0.860. The van der Waals surface area contributed by atoms with Crippen LogP contribution in [0.5, 0.6) is 0 Å². The summed E-state index contributed by atoms with van der Waals surface area (Å²) >= 11 is 0. The summed E-state index contributed by atoms with van der Waals surface area (Å²) in [5.41, 5.74) is 3.58. The molecule has 1 N–H and O–H groups in total. The van der Waals surface area contributed by atoms with Crippen molar-refractivity contribution in [1.82, 2.24) is 10.2 Å². The number of fused-ring (bicyclic) bond motifs is 1. The second kappa shape index (κ2) is 5.31. The standard InChI is InChI=1S/C15H21N3O/c1-17-14-4-3-12(9-13(14)10-15(17)19)11-18-7-2-5-16-6-8-18/h3-4,9,16H,2,5-8,10-11H2,1H3. The second-order valence-corrected chi connectivity index (χ2v) is 5.47. The molecule has 4 heteroatoms. The van der Waals surface area contributed by atoms with Gasteiger partial charge in [-0.1, -0.05) is 12.1 Å². The van der Waals surface area contributed by atoms with E-state index in [1.807, 2.05) is 7.05 Å². The Balaban J connectivity index is 1.72. The minimum Gasteiger partial charge on any atom is -0.315 e. The van der Waals surface area contributed by atoms with E-state index in [1.54, 1.807) is 4.90 Å². The zero-order valence-electron chi connectivity index (χ0n) is 11.5. The Morgan fingerprint density at radius 3 is 3.05 bits per heavy atom. The molecule has 0 radical (unpaired) electrons. The fraction of sp³-hybridized carbons (Fsp3) is 0.533. The van der Waals surface area contributed by atoms with E-state index in [1.165, 1.54) is 17.5 Å². The molecule has 0 aromatic heterocycles. The number of benzene rings is 1. The lowest BCUT2D eigenvalue weighted by Gasteiger charge is -2.20. The average molecular weight is 259 g/mol. The molecule has 0 saturated carbocycles. The summed E-state index contributed by atoms with van der Waals surface area (Å²) in [6.07, 6.45) is 1.77. The molecule has 1 aromatic carbocycles. The predicted octanol–water partition coefficient (Wildman–Crippen LogP) is 1.00. The molecule has 2 heterocycles. The smallest absolute Gasteiger partial charge is 0.231 e. The first-order valence-corrected chi connectivity index (χ1v) is 7.05. The molecule has 0 spiro atoms. The molecule has 0 unspecified atom stereocenters. The van der Waals surface area contributed by atoms with Crippen LogP contribution >= 0.6 is 0 Å². The van der Waals surface area contributed by atoms with E-state index in [0.29, 0.717) is 6.42 Å². The molecule has 0 aliphatic carbocycles. The number of carbonyl (C=O) groups is 1. The molecule has 102 valence electrons. The van der Waals surface area contributed by atoms with Crippen molar-refractivity contribution in [3.8, 4) is 0 Å². The summed E-state index contributed by atoms with van der Waals surface area (Å²) in [7, 11) is 1.86. The number of nitrogens with zero attached hydrogens (tertiary/aromatic N) is 2. The number of likely N-dealkylation sites (N-methyl/N-ethyl adjacent to an activating group) is 1. The zero-order valence-corrected chi connectivity index (χ0v) is 11.5. The van der Waals surface area contributed by atoms with Crippen LogP contribution in [-0.4, -0.2) is 44.0 Å². The second-order valence-electron chi connectivity index (χ2n) is 5.47. The van der Waals surface area contributed by atoms with Crippen LogP contribution in [0.3, 0.4) is 0 Å². The molecule has 0 atom stereocenters. The summed E-state index contributed by atoms with van der Waals surface area (Å²) in [5.74, 6) is 0.200. The molecule has 0 bridgehead atoms. The molecule has 4 nitrogen and oxygen atoms in total. The largest absolute Gasteiger partial charge is 0.315 e. The van der Waals surface area contributed by atoms with Gasteiger partial charge in [0, 0.05) is 32.4 Å². The molecule has 3 rings (SSSR count). The molecule has 2 aliphatic rings. The van der Waals surface area contributed by atoms with Gasteiger partial charge in [-0.05, 0) is 36.7 Å². The normalized spacial score (nSPS) is 20.5. The Morgan fingerprint density at radius 2 is 2.16 bits per heavy atom. The van der Waals surface area contributed by atoms with Crippen LogP contribution in [0.4, 0.5) is 5.69 Å². The molecule has 19 heavy (non-hydrogen) atoms. The van der Waals surface area contributed by atoms with E-state index in [2.05, 4.69) is 28.4 Å². The van der Waals surface area contributed by atoms with Crippen LogP contribution in [0.2, 0.25) is 0 Å². The SMILES string of the molecule is CN1C(=O)Cc2cc(CN3CCCNCC3)ccc21. The van der Waals surface area contributed by atoms with Crippen LogP contribution in [0.15, 0.2) is 18.2 Å². The van der Waals surface area contributed by atoms with Crippen molar-refractivity contribution >= 4 is 11.6 Å². The van der Waals surface area contributed by atoms with Gasteiger partial charge in [-0.3, -0.25) is 9.69 Å². The maximum absolute atomic E-state index is 11.7. The average Bonchev–Trinajstić information content (AvgIpc) is 2.60. The number of amides is 1. The van der Waals surface area contributed by atoms with Crippen molar-refractivity contribution in [2.75, 3.05) is 38.1 Å². The van der Waals surface area contributed by atoms with Gasteiger partial charge in [0.15, 0.2) is 0 Å². The van der Waals surface area contributed by atoms with Crippen molar-refractivity contribution in [3.63, 3.8) is 0 Å². The third kappa shape index (κ3) is 2.65. The van der Waals surface area contributed by atoms with Gasteiger partial charge in [0.2, 0.25) is 5.91 Å². The Morgan fingerprint density at radius 1 is 1.26 bits per heavy atom. The highest BCUT2D eigenvalue weighted by atomic mass is 16.2. The third-order valence-electron chi connectivity index (χ3n) is 4.06. The Bertz CT molecular complexity index is 478. The first-order chi connectivity index (χ1) is 9.24. The number of carbonyl (C=O) groups excluding carboxylic acids is 1. The van der Waals surface area contributed by atoms with Crippen molar-refractivity contribution in [1.29, 1.82) is 0 Å². The zero-order chi connectivity index (χ0) is 13.2. The molecule has 1 aromatic rings. The van der Waals surface area contributed by atoms with E-state index in [-0.39, 0.29) is 5.91 Å². The van der Waals surface area contributed by atoms with E-state index in [4.69, 9.17) is 0 Å². The predicted molar refractivity (Wildman–Crippen MR) is 76.3 cm³/mol. The maximum Gasteiger partial charge on any atom is 0.231 e. The van der Waals surface area contributed by atoms with Crippen LogP contribution in [0.25, 0.3) is 0 Å². The van der Waals surface area contributed by atoms with Crippen molar-refractivity contribution in [2.45, 2.75) is 19.4 Å². The van der Waals surface area contributed by atoms with Gasteiger partial charge in [0.25, 0.3) is 0 Å². The van der Waals surface area contributed by atoms with Crippen LogP contribution < -0.4 is 10.2 Å². The highest BCUT2D eigenvalue weighted by Crippen LogP contribution is 2.28. The lowest BCUT2D eigenvalue weighted by atomic mass is 10.1. The van der Waals surface area contributed by atoms with Gasteiger partial charge in [0.1, 0.15) is 0 Å². The Kier molecular flexibility index (Phi) is 3.53. The van der Waals surface area contributed by atoms with Crippen LogP contribution in [0.1, 0.15) is 17.5 Å². The van der Waals surface area contributed by atoms with E-state index >= 15 is 0 Å². The minimum atomic E-state index is 0.200. The molecule has 2 aliphatic heterocycles. The Labute approximate surface area is 114 Å². The molecular weight excluding hydrogens is 238 g/mol. The lowest BCUT2D eigenvalue weighted by molar-refractivity contribution is -0.117. The number of hydrogen-bond donors (Lipinski definition) is 1. The third-order valence-corrected chi connectivity index (χ3v) is 4.06. The van der Waals surface area contributed by atoms with Gasteiger partial charge in [-0.2, -0.15) is 0 Å². The molecule has 1 amide bonds. The number of hydrogen-bond acceptors (Lipinski definition) is 3. The molecular formula is C15H21N3O. The van der Waals surface area contributed by atoms with E-state index in [0.717, 1.165) is 38.4 Å². The fourth-order valence-electron chi connectivity index (χ4n) is 2.94. The Hall–Kier alpha value is -1.39. The van der Waals surface area contributed by atoms with E-state index in [9.17, 15) is 4.79 Å². The highest BCUT2D eigenvalue weighted by molar-refractivity contribution is 6.00. The number of rotatable bonds is 2. The van der Waals surface area contributed by atoms with Crippen LogP contribution in [0, 0.1) is 0 Å². The van der Waals surface area contributed by atoms with Gasteiger partial charge in [-0.25, -0.2) is 0 Å². The minimum absolute atomic E-state index is 0.200. The van der Waals surface area contributed by atoms with Gasteiger partial charge in [-0.15, -0.1) is 0 Å². The fourth-order valence-corrected chi connectivity index (χ4v) is 2.94. The highest BCUT2D eigenvalue weighted by Gasteiger charge is 2.24. The van der Waals surface area contributed by atoms with Crippen molar-refractivity contribution < 1.29 is 4.79 Å². The first-order valence-electron chi connectivity index (χ1n) is 7.05. The molecule has 1 fully saturated rings. The van der Waals surface area contributed by atoms with E-state index < -0.39 is 0 Å². The summed E-state index contributed by atoms with van der Waals surface area (Å²) in [5, 5.41) is 3.42.